The van der Waals surface area contributed by atoms with Crippen LogP contribution in [-0.2, 0) is 0 Å². The average molecular weight is 943 g/mol. The highest BCUT2D eigenvalue weighted by Gasteiger charge is 2.26. The molecule has 0 aliphatic carbocycles. The second kappa shape index (κ2) is 15.4. The number of nitrogens with zero attached hydrogens (tertiary/aromatic N) is 4. The zero-order valence-electron chi connectivity index (χ0n) is 40.9. The molecule has 0 saturated carbocycles. The van der Waals surface area contributed by atoms with Crippen molar-refractivity contribution >= 4 is 97.7 Å². The van der Waals surface area contributed by atoms with Crippen LogP contribution in [0.15, 0.2) is 243 Å². The minimum atomic E-state index is 1.13. The molecule has 16 aromatic rings. The Morgan fingerprint density at radius 1 is 0.243 bits per heavy atom. The van der Waals surface area contributed by atoms with Crippen molar-refractivity contribution in [2.45, 2.75) is 13.8 Å². The Bertz CT molecular complexity index is 4510. The first kappa shape index (κ1) is 41.0. The van der Waals surface area contributed by atoms with Gasteiger partial charge in [-0.15, -0.1) is 0 Å². The Hall–Kier alpha value is -9.64. The molecule has 346 valence electrons. The van der Waals surface area contributed by atoms with E-state index in [1.165, 1.54) is 131 Å². The summed E-state index contributed by atoms with van der Waals surface area (Å²) in [7, 11) is 0. The monoisotopic (exact) mass is 942 g/mol. The summed E-state index contributed by atoms with van der Waals surface area (Å²) in [5.74, 6) is 0. The topological polar surface area (TPSA) is 19.7 Å². The quantitative estimate of drug-likeness (QED) is 0.148. The lowest BCUT2D eigenvalue weighted by molar-refractivity contribution is 1.11. The first-order valence-corrected chi connectivity index (χ1v) is 25.7. The van der Waals surface area contributed by atoms with E-state index in [2.05, 4.69) is 275 Å². The fraction of sp³-hybridized carbons (Fsp3) is 0.0286. The maximum atomic E-state index is 2.54. The molecule has 4 heteroatoms. The van der Waals surface area contributed by atoms with Crippen LogP contribution in [0.2, 0.25) is 0 Å². The number of fused-ring (bicyclic) bond motifs is 10. The van der Waals surface area contributed by atoms with Gasteiger partial charge in [0.15, 0.2) is 0 Å². The highest BCUT2D eigenvalue weighted by atomic mass is 15.0. The van der Waals surface area contributed by atoms with Gasteiger partial charge in [0.1, 0.15) is 0 Å². The van der Waals surface area contributed by atoms with E-state index in [0.29, 0.717) is 0 Å². The second-order valence-corrected chi connectivity index (χ2v) is 20.1. The molecule has 0 fully saturated rings. The average Bonchev–Trinajstić information content (AvgIpc) is 4.22. The molecule has 0 unspecified atom stereocenters. The van der Waals surface area contributed by atoms with Crippen molar-refractivity contribution < 1.29 is 0 Å². The van der Waals surface area contributed by atoms with Crippen LogP contribution in [0, 0.1) is 13.8 Å². The van der Waals surface area contributed by atoms with Crippen molar-refractivity contribution in [2.75, 3.05) is 0 Å². The van der Waals surface area contributed by atoms with Crippen molar-refractivity contribution in [1.82, 2.24) is 18.3 Å². The Morgan fingerprint density at radius 2 is 0.541 bits per heavy atom. The molecule has 74 heavy (non-hydrogen) atoms. The molecule has 0 aliphatic rings. The van der Waals surface area contributed by atoms with Crippen LogP contribution < -0.4 is 0 Å². The van der Waals surface area contributed by atoms with Gasteiger partial charge in [-0.2, -0.15) is 0 Å². The Balaban J connectivity index is 0.945. The summed E-state index contributed by atoms with van der Waals surface area (Å²) in [6.07, 6.45) is 0. The molecule has 0 radical (unpaired) electrons. The van der Waals surface area contributed by atoms with Gasteiger partial charge in [0, 0.05) is 65.8 Å². The SMILES string of the molecule is Cc1c(-c2ccccc2)n(-c2ccc(-n3c4ccccc4c4ccccc43)cc2)c2c1cc1ccc3c4c(ccc2c14)cc1c(C)c(-c2ccccc2)n(-c2ccc(-n4c5ccccc5c5ccccc54)cc2)c13. The van der Waals surface area contributed by atoms with Crippen LogP contribution in [0.5, 0.6) is 0 Å². The molecule has 4 nitrogen and oxygen atoms in total. The fourth-order valence-electron chi connectivity index (χ4n) is 13.1. The Kier molecular flexibility index (Phi) is 8.55. The normalized spacial score (nSPS) is 12.2. The largest absolute Gasteiger partial charge is 0.309 e. The third kappa shape index (κ3) is 5.62. The Morgan fingerprint density at radius 3 is 0.878 bits per heavy atom. The van der Waals surface area contributed by atoms with Crippen molar-refractivity contribution in [3.63, 3.8) is 0 Å². The molecule has 0 N–H and O–H groups in total. The van der Waals surface area contributed by atoms with E-state index in [9.17, 15) is 0 Å². The van der Waals surface area contributed by atoms with E-state index in [-0.39, 0.29) is 0 Å². The van der Waals surface area contributed by atoms with Crippen LogP contribution in [0.3, 0.4) is 0 Å². The lowest BCUT2D eigenvalue weighted by Gasteiger charge is -2.18. The van der Waals surface area contributed by atoms with Gasteiger partial charge in [0.05, 0.1) is 44.5 Å². The van der Waals surface area contributed by atoms with Crippen molar-refractivity contribution in [3.05, 3.63) is 254 Å². The van der Waals surface area contributed by atoms with E-state index in [4.69, 9.17) is 0 Å². The maximum Gasteiger partial charge on any atom is 0.0616 e. The number of benzene rings is 12. The van der Waals surface area contributed by atoms with Crippen LogP contribution in [0.25, 0.3) is 143 Å². The van der Waals surface area contributed by atoms with Crippen molar-refractivity contribution in [1.29, 1.82) is 0 Å². The minimum absolute atomic E-state index is 1.13. The maximum absolute atomic E-state index is 2.54. The third-order valence-corrected chi connectivity index (χ3v) is 16.2. The van der Waals surface area contributed by atoms with Crippen LogP contribution in [-0.4, -0.2) is 18.3 Å². The molecule has 0 aliphatic heterocycles. The van der Waals surface area contributed by atoms with Gasteiger partial charge in [-0.1, -0.05) is 158 Å². The molecule has 12 aromatic carbocycles. The van der Waals surface area contributed by atoms with E-state index >= 15 is 0 Å². The van der Waals surface area contributed by atoms with E-state index < -0.39 is 0 Å². The molecule has 0 bridgehead atoms. The third-order valence-electron chi connectivity index (χ3n) is 16.2. The predicted octanol–water partition coefficient (Wildman–Crippen LogP) is 18.6. The number of rotatable bonds is 6. The Labute approximate surface area is 426 Å². The van der Waals surface area contributed by atoms with Crippen molar-refractivity contribution in [3.8, 4) is 45.3 Å². The summed E-state index contributed by atoms with van der Waals surface area (Å²) in [5, 5.41) is 15.2. The standard InChI is InChI=1S/C70H46N4/c1-43-59-41-47-29-40-58-66-48(42-60-44(2)68(46-19-7-4-8-20-46)74(70(58)60)52-37-33-50(34-38-52)72-63-27-15-11-23-55(63)56-24-12-16-28-64(56)72)30-39-57(65(47)66)69(59)73(67(43)45-17-5-3-6-18-45)51-35-31-49(32-36-51)71-61-25-13-9-21-53(61)54-22-10-14-26-62(54)71/h3-42H,1-2H3. The summed E-state index contributed by atoms with van der Waals surface area (Å²) in [6, 6.07) is 89.8. The summed E-state index contributed by atoms with van der Waals surface area (Å²) < 4.78 is 9.88. The lowest BCUT2D eigenvalue weighted by atomic mass is 9.90. The van der Waals surface area contributed by atoms with Gasteiger partial charge < -0.3 is 18.3 Å². The number of hydrogen-bond acceptors (Lipinski definition) is 0. The smallest absolute Gasteiger partial charge is 0.0616 e. The molecule has 0 atom stereocenters. The van der Waals surface area contributed by atoms with Gasteiger partial charge in [0.25, 0.3) is 0 Å². The van der Waals surface area contributed by atoms with Gasteiger partial charge >= 0.3 is 0 Å². The van der Waals surface area contributed by atoms with E-state index in [0.717, 1.165) is 22.7 Å². The molecule has 0 amide bonds. The summed E-state index contributed by atoms with van der Waals surface area (Å²) in [4.78, 5) is 0. The first-order chi connectivity index (χ1) is 36.6. The summed E-state index contributed by atoms with van der Waals surface area (Å²) in [6.45, 7) is 4.62. The summed E-state index contributed by atoms with van der Waals surface area (Å²) in [5.41, 5.74) is 19.2. The highest BCUT2D eigenvalue weighted by Crippen LogP contribution is 2.48. The molecule has 0 saturated heterocycles. The number of aromatic nitrogens is 4. The van der Waals surface area contributed by atoms with E-state index in [1.807, 2.05) is 0 Å². The molecule has 0 spiro atoms. The molecule has 16 rings (SSSR count). The zero-order valence-corrected chi connectivity index (χ0v) is 40.9. The highest BCUT2D eigenvalue weighted by molar-refractivity contribution is 6.33. The predicted molar refractivity (Wildman–Crippen MR) is 313 cm³/mol. The lowest BCUT2D eigenvalue weighted by Crippen LogP contribution is -2.00. The fourth-order valence-corrected chi connectivity index (χ4v) is 13.1. The van der Waals surface area contributed by atoms with Crippen LogP contribution in [0.4, 0.5) is 0 Å². The number of hydrogen-bond donors (Lipinski definition) is 0. The van der Waals surface area contributed by atoms with Crippen LogP contribution in [0.1, 0.15) is 11.1 Å². The summed E-state index contributed by atoms with van der Waals surface area (Å²) >= 11 is 0. The molecule has 4 heterocycles. The number of para-hydroxylation sites is 4. The first-order valence-electron chi connectivity index (χ1n) is 25.7. The number of aryl methyl sites for hydroxylation is 2. The molecular formula is C70H46N4. The van der Waals surface area contributed by atoms with E-state index in [1.54, 1.807) is 0 Å². The molecule has 4 aromatic heterocycles. The second-order valence-electron chi connectivity index (χ2n) is 20.1. The van der Waals surface area contributed by atoms with Gasteiger partial charge in [0.2, 0.25) is 0 Å². The minimum Gasteiger partial charge on any atom is -0.309 e. The molecular weight excluding hydrogens is 897 g/mol. The van der Waals surface area contributed by atoms with Gasteiger partial charge in [-0.25, -0.2) is 0 Å². The van der Waals surface area contributed by atoms with Gasteiger partial charge in [-0.3, -0.25) is 0 Å². The van der Waals surface area contributed by atoms with Gasteiger partial charge in [-0.05, 0) is 143 Å². The zero-order chi connectivity index (χ0) is 48.8. The van der Waals surface area contributed by atoms with Crippen LogP contribution >= 0.6 is 0 Å². The van der Waals surface area contributed by atoms with Crippen molar-refractivity contribution in [2.24, 2.45) is 0 Å².